The Morgan fingerprint density at radius 1 is 1.22 bits per heavy atom. The van der Waals surface area contributed by atoms with Gasteiger partial charge in [0.15, 0.2) is 0 Å². The second-order valence-electron chi connectivity index (χ2n) is 5.04. The van der Waals surface area contributed by atoms with Gasteiger partial charge in [-0.15, -0.1) is 0 Å². The lowest BCUT2D eigenvalue weighted by molar-refractivity contribution is 0.112. The Morgan fingerprint density at radius 2 is 1.89 bits per heavy atom. The molecule has 3 heteroatoms. The molecule has 102 valence electrons. The van der Waals surface area contributed by atoms with Gasteiger partial charge in [0.2, 0.25) is 0 Å². The summed E-state index contributed by atoms with van der Waals surface area (Å²) in [7, 11) is 0. The van der Waals surface area contributed by atoms with Gasteiger partial charge in [-0.25, -0.2) is 0 Å². The van der Waals surface area contributed by atoms with E-state index in [9.17, 15) is 0 Å². The Hall–Kier alpha value is -0.900. The van der Waals surface area contributed by atoms with Crippen LogP contribution in [0, 0.1) is 0 Å². The minimum atomic E-state index is 0.182. The molecular weight excluding hydrogens is 224 g/mol. The lowest BCUT2D eigenvalue weighted by Crippen LogP contribution is -2.40. The Labute approximate surface area is 111 Å². The van der Waals surface area contributed by atoms with Crippen molar-refractivity contribution in [3.63, 3.8) is 0 Å². The number of hydrazine groups is 1. The van der Waals surface area contributed by atoms with Gasteiger partial charge >= 0.3 is 0 Å². The molecule has 1 rings (SSSR count). The molecule has 0 fully saturated rings. The summed E-state index contributed by atoms with van der Waals surface area (Å²) in [5.41, 5.74) is 5.49. The van der Waals surface area contributed by atoms with Crippen molar-refractivity contribution >= 4 is 0 Å². The lowest BCUT2D eigenvalue weighted by atomic mass is 9.99. The number of hydrogen-bond acceptors (Lipinski definition) is 3. The highest BCUT2D eigenvalue weighted by Crippen LogP contribution is 2.15. The van der Waals surface area contributed by atoms with Crippen molar-refractivity contribution in [3.05, 3.63) is 35.4 Å². The molecule has 0 saturated carbocycles. The molecule has 1 aromatic carbocycles. The van der Waals surface area contributed by atoms with Gasteiger partial charge in [-0.1, -0.05) is 45.0 Å². The summed E-state index contributed by atoms with van der Waals surface area (Å²) in [6.07, 6.45) is 1.94. The fourth-order valence-electron chi connectivity index (χ4n) is 1.86. The van der Waals surface area contributed by atoms with Crippen molar-refractivity contribution < 1.29 is 4.74 Å². The summed E-state index contributed by atoms with van der Waals surface area (Å²) in [5.74, 6) is 6.13. The van der Waals surface area contributed by atoms with Gasteiger partial charge in [-0.2, -0.15) is 0 Å². The third kappa shape index (κ3) is 5.17. The van der Waals surface area contributed by atoms with Crippen LogP contribution in [0.15, 0.2) is 24.3 Å². The lowest BCUT2D eigenvalue weighted by Gasteiger charge is -2.16. The van der Waals surface area contributed by atoms with E-state index in [1.54, 1.807) is 0 Å². The van der Waals surface area contributed by atoms with E-state index < -0.39 is 0 Å². The highest BCUT2D eigenvalue weighted by molar-refractivity contribution is 5.25. The van der Waals surface area contributed by atoms with Crippen molar-refractivity contribution in [2.75, 3.05) is 13.2 Å². The predicted molar refractivity (Wildman–Crippen MR) is 76.5 cm³/mol. The molecule has 3 N–H and O–H groups in total. The number of hydrogen-bond donors (Lipinski definition) is 2. The molecule has 0 amide bonds. The largest absolute Gasteiger partial charge is 0.380 e. The number of ether oxygens (including phenoxy) is 1. The zero-order valence-corrected chi connectivity index (χ0v) is 11.8. The average Bonchev–Trinajstić information content (AvgIpc) is 2.38. The number of nitrogens with two attached hydrogens (primary N) is 1. The van der Waals surface area contributed by atoms with E-state index >= 15 is 0 Å². The topological polar surface area (TPSA) is 47.3 Å². The third-order valence-electron chi connectivity index (χ3n) is 3.03. The van der Waals surface area contributed by atoms with Crippen molar-refractivity contribution in [2.45, 2.75) is 45.6 Å². The first-order valence-corrected chi connectivity index (χ1v) is 6.80. The second-order valence-corrected chi connectivity index (χ2v) is 5.04. The van der Waals surface area contributed by atoms with Crippen LogP contribution in [-0.4, -0.2) is 19.3 Å². The van der Waals surface area contributed by atoms with E-state index in [1.165, 1.54) is 11.1 Å². The van der Waals surface area contributed by atoms with Crippen LogP contribution in [0.2, 0.25) is 0 Å². The summed E-state index contributed by atoms with van der Waals surface area (Å²) in [4.78, 5) is 0. The smallest absolute Gasteiger partial charge is 0.0636 e. The van der Waals surface area contributed by atoms with Crippen LogP contribution in [-0.2, 0) is 11.2 Å². The Kier molecular flexibility index (Phi) is 6.94. The van der Waals surface area contributed by atoms with E-state index in [2.05, 4.69) is 50.5 Å². The van der Waals surface area contributed by atoms with Crippen LogP contribution in [0.4, 0.5) is 0 Å². The molecule has 18 heavy (non-hydrogen) atoms. The molecule has 0 heterocycles. The van der Waals surface area contributed by atoms with Crippen LogP contribution in [0.3, 0.4) is 0 Å². The first kappa shape index (κ1) is 15.2. The maximum atomic E-state index is 5.55. The van der Waals surface area contributed by atoms with E-state index in [1.807, 2.05) is 0 Å². The maximum Gasteiger partial charge on any atom is 0.0636 e. The summed E-state index contributed by atoms with van der Waals surface area (Å²) < 4.78 is 5.53. The molecule has 0 saturated heterocycles. The van der Waals surface area contributed by atoms with Gasteiger partial charge in [-0.05, 0) is 29.9 Å². The molecule has 0 radical (unpaired) electrons. The summed E-state index contributed by atoms with van der Waals surface area (Å²) in [6, 6.07) is 8.93. The molecule has 1 atom stereocenters. The van der Waals surface area contributed by atoms with Crippen molar-refractivity contribution in [1.82, 2.24) is 5.43 Å². The summed E-state index contributed by atoms with van der Waals surface area (Å²) >= 11 is 0. The van der Waals surface area contributed by atoms with Gasteiger partial charge < -0.3 is 4.74 Å². The van der Waals surface area contributed by atoms with Gasteiger partial charge in [0.05, 0.1) is 6.61 Å². The fourth-order valence-corrected chi connectivity index (χ4v) is 1.86. The Balaban J connectivity index is 2.48. The SMILES string of the molecule is CCCOCC(Cc1ccc(C(C)C)cc1)NN. The van der Waals surface area contributed by atoms with Crippen molar-refractivity contribution in [3.8, 4) is 0 Å². The van der Waals surface area contributed by atoms with Crippen LogP contribution in [0.25, 0.3) is 0 Å². The second kappa shape index (κ2) is 8.25. The van der Waals surface area contributed by atoms with Crippen LogP contribution in [0.1, 0.15) is 44.2 Å². The molecular formula is C15H26N2O. The Bertz CT molecular complexity index is 322. The molecule has 0 aromatic heterocycles. The van der Waals surface area contributed by atoms with E-state index in [0.717, 1.165) is 19.4 Å². The molecule has 0 aliphatic heterocycles. The standard InChI is InChI=1S/C15H26N2O/c1-4-9-18-11-15(17-16)10-13-5-7-14(8-6-13)12(2)3/h5-8,12,15,17H,4,9-11,16H2,1-3H3. The highest BCUT2D eigenvalue weighted by Gasteiger charge is 2.08. The van der Waals surface area contributed by atoms with Crippen LogP contribution >= 0.6 is 0 Å². The monoisotopic (exact) mass is 250 g/mol. The highest BCUT2D eigenvalue weighted by atomic mass is 16.5. The molecule has 0 aliphatic carbocycles. The minimum absolute atomic E-state index is 0.182. The molecule has 0 aliphatic rings. The fraction of sp³-hybridized carbons (Fsp3) is 0.600. The van der Waals surface area contributed by atoms with Gasteiger partial charge in [0, 0.05) is 12.6 Å². The molecule has 1 unspecified atom stereocenters. The van der Waals surface area contributed by atoms with Crippen molar-refractivity contribution in [2.24, 2.45) is 5.84 Å². The molecule has 3 nitrogen and oxygen atoms in total. The van der Waals surface area contributed by atoms with Gasteiger partial charge in [0.1, 0.15) is 0 Å². The number of benzene rings is 1. The van der Waals surface area contributed by atoms with E-state index in [4.69, 9.17) is 10.6 Å². The summed E-state index contributed by atoms with van der Waals surface area (Å²) in [6.45, 7) is 7.98. The van der Waals surface area contributed by atoms with E-state index in [0.29, 0.717) is 12.5 Å². The van der Waals surface area contributed by atoms with Gasteiger partial charge in [0.25, 0.3) is 0 Å². The van der Waals surface area contributed by atoms with Gasteiger partial charge in [-0.3, -0.25) is 11.3 Å². The summed E-state index contributed by atoms with van der Waals surface area (Å²) in [5, 5.41) is 0. The zero-order chi connectivity index (χ0) is 13.4. The van der Waals surface area contributed by atoms with E-state index in [-0.39, 0.29) is 6.04 Å². The number of nitrogens with one attached hydrogen (secondary N) is 1. The normalized spacial score (nSPS) is 12.9. The molecule has 0 bridgehead atoms. The van der Waals surface area contributed by atoms with Crippen molar-refractivity contribution in [1.29, 1.82) is 0 Å². The number of rotatable bonds is 8. The first-order chi connectivity index (χ1) is 8.67. The Morgan fingerprint density at radius 3 is 2.39 bits per heavy atom. The molecule has 0 spiro atoms. The minimum Gasteiger partial charge on any atom is -0.380 e. The quantitative estimate of drug-likeness (QED) is 0.423. The predicted octanol–water partition coefficient (Wildman–Crippen LogP) is 2.61. The molecule has 1 aromatic rings. The zero-order valence-electron chi connectivity index (χ0n) is 11.8. The van der Waals surface area contributed by atoms with Crippen LogP contribution in [0.5, 0.6) is 0 Å². The first-order valence-electron chi connectivity index (χ1n) is 6.80. The third-order valence-corrected chi connectivity index (χ3v) is 3.03. The average molecular weight is 250 g/mol. The maximum absolute atomic E-state index is 5.55. The van der Waals surface area contributed by atoms with Crippen LogP contribution < -0.4 is 11.3 Å².